The third kappa shape index (κ3) is 10.4. The zero-order valence-electron chi connectivity index (χ0n) is 13.2. The van der Waals surface area contributed by atoms with E-state index in [4.69, 9.17) is 9.47 Å². The molecular formula is C17H34O2. The zero-order chi connectivity index (χ0) is 13.8. The highest BCUT2D eigenvalue weighted by Gasteiger charge is 2.13. The van der Waals surface area contributed by atoms with Crippen molar-refractivity contribution in [3.8, 4) is 0 Å². The van der Waals surface area contributed by atoms with Crippen molar-refractivity contribution in [2.45, 2.75) is 90.8 Å². The molecule has 0 aromatic rings. The summed E-state index contributed by atoms with van der Waals surface area (Å²) in [6.45, 7) is 6.41. The van der Waals surface area contributed by atoms with E-state index in [-0.39, 0.29) is 6.29 Å². The van der Waals surface area contributed by atoms with Crippen LogP contribution in [0.1, 0.15) is 84.5 Å². The van der Waals surface area contributed by atoms with E-state index in [1.165, 1.54) is 64.2 Å². The second-order valence-corrected chi connectivity index (χ2v) is 6.32. The van der Waals surface area contributed by atoms with Crippen LogP contribution < -0.4 is 0 Å². The van der Waals surface area contributed by atoms with Crippen molar-refractivity contribution in [2.75, 3.05) is 13.2 Å². The lowest BCUT2D eigenvalue weighted by molar-refractivity contribution is -0.162. The van der Waals surface area contributed by atoms with Gasteiger partial charge in [-0.15, -0.1) is 0 Å². The lowest BCUT2D eigenvalue weighted by Crippen LogP contribution is -2.22. The summed E-state index contributed by atoms with van der Waals surface area (Å²) in [6.07, 6.45) is 14.6. The first-order valence-electron chi connectivity index (χ1n) is 8.52. The Labute approximate surface area is 120 Å². The summed E-state index contributed by atoms with van der Waals surface area (Å²) in [7, 11) is 0. The van der Waals surface area contributed by atoms with Gasteiger partial charge in [-0.2, -0.15) is 0 Å². The Hall–Kier alpha value is -0.0800. The smallest absolute Gasteiger partial charge is 0.157 e. The minimum absolute atomic E-state index is 0.102. The van der Waals surface area contributed by atoms with Crippen LogP contribution in [-0.2, 0) is 9.47 Å². The Morgan fingerprint density at radius 3 is 2.26 bits per heavy atom. The maximum Gasteiger partial charge on any atom is 0.157 e. The second-order valence-electron chi connectivity index (χ2n) is 6.32. The van der Waals surface area contributed by atoms with Crippen LogP contribution in [0.25, 0.3) is 0 Å². The number of ether oxygens (including phenoxy) is 2. The summed E-state index contributed by atoms with van der Waals surface area (Å²) < 4.78 is 11.3. The monoisotopic (exact) mass is 270 g/mol. The van der Waals surface area contributed by atoms with Gasteiger partial charge in [0.05, 0.1) is 0 Å². The fourth-order valence-corrected chi connectivity index (χ4v) is 2.60. The van der Waals surface area contributed by atoms with Crippen LogP contribution in [0, 0.1) is 5.92 Å². The number of rotatable bonds is 11. The van der Waals surface area contributed by atoms with E-state index < -0.39 is 0 Å². The van der Waals surface area contributed by atoms with Crippen LogP contribution in [0.2, 0.25) is 0 Å². The lowest BCUT2D eigenvalue weighted by Gasteiger charge is -2.22. The first kappa shape index (κ1) is 17.0. The minimum Gasteiger partial charge on any atom is -0.353 e. The maximum atomic E-state index is 5.73. The molecule has 1 unspecified atom stereocenters. The molecule has 114 valence electrons. The van der Waals surface area contributed by atoms with Crippen molar-refractivity contribution in [3.05, 3.63) is 0 Å². The number of unbranched alkanes of at least 4 members (excludes halogenated alkanes) is 6. The zero-order valence-corrected chi connectivity index (χ0v) is 13.2. The molecule has 0 amide bonds. The van der Waals surface area contributed by atoms with E-state index in [0.717, 1.165) is 25.6 Å². The molecule has 1 saturated heterocycles. The molecular weight excluding hydrogens is 236 g/mol. The first-order chi connectivity index (χ1) is 9.29. The average molecular weight is 270 g/mol. The highest BCUT2D eigenvalue weighted by molar-refractivity contribution is 4.54. The lowest BCUT2D eigenvalue weighted by atomic mass is 10.0. The van der Waals surface area contributed by atoms with Crippen molar-refractivity contribution >= 4 is 0 Å². The van der Waals surface area contributed by atoms with Gasteiger partial charge in [-0.3, -0.25) is 0 Å². The predicted molar refractivity (Wildman–Crippen MR) is 81.3 cm³/mol. The van der Waals surface area contributed by atoms with Crippen LogP contribution in [0.5, 0.6) is 0 Å². The van der Waals surface area contributed by atoms with E-state index in [1.807, 2.05) is 0 Å². The molecule has 1 heterocycles. The standard InChI is InChI=1S/C17H34O2/c1-16(2)12-8-6-4-3-5-7-10-14-18-17-13-9-11-15-19-17/h16-17H,3-15H2,1-2H3. The van der Waals surface area contributed by atoms with Gasteiger partial charge in [0.2, 0.25) is 0 Å². The molecule has 2 heteroatoms. The predicted octanol–water partition coefficient (Wildman–Crippen LogP) is 5.31. The topological polar surface area (TPSA) is 18.5 Å². The molecule has 1 atom stereocenters. The number of hydrogen-bond donors (Lipinski definition) is 0. The highest BCUT2D eigenvalue weighted by Crippen LogP contribution is 2.15. The molecule has 0 spiro atoms. The molecule has 0 aliphatic carbocycles. The Bertz CT molecular complexity index is 186. The van der Waals surface area contributed by atoms with E-state index in [9.17, 15) is 0 Å². The molecule has 19 heavy (non-hydrogen) atoms. The van der Waals surface area contributed by atoms with E-state index in [0.29, 0.717) is 0 Å². The Kier molecular flexibility index (Phi) is 10.5. The second kappa shape index (κ2) is 11.7. The summed E-state index contributed by atoms with van der Waals surface area (Å²) in [4.78, 5) is 0. The Morgan fingerprint density at radius 1 is 0.947 bits per heavy atom. The van der Waals surface area contributed by atoms with Crippen molar-refractivity contribution in [1.29, 1.82) is 0 Å². The van der Waals surface area contributed by atoms with Crippen LogP contribution >= 0.6 is 0 Å². The van der Waals surface area contributed by atoms with Gasteiger partial charge in [-0.1, -0.05) is 58.8 Å². The summed E-state index contributed by atoms with van der Waals surface area (Å²) in [5, 5.41) is 0. The molecule has 0 aromatic carbocycles. The normalized spacial score (nSPS) is 20.1. The van der Waals surface area contributed by atoms with Crippen molar-refractivity contribution in [2.24, 2.45) is 5.92 Å². The van der Waals surface area contributed by atoms with Gasteiger partial charge < -0.3 is 9.47 Å². The molecule has 1 fully saturated rings. The Balaban J connectivity index is 1.73. The molecule has 0 saturated carbocycles. The molecule has 2 nitrogen and oxygen atoms in total. The van der Waals surface area contributed by atoms with Crippen molar-refractivity contribution in [1.82, 2.24) is 0 Å². The largest absolute Gasteiger partial charge is 0.353 e. The average Bonchev–Trinajstić information content (AvgIpc) is 2.42. The van der Waals surface area contributed by atoms with Gasteiger partial charge in [0.15, 0.2) is 6.29 Å². The Morgan fingerprint density at radius 2 is 1.63 bits per heavy atom. The maximum absolute atomic E-state index is 5.73. The fourth-order valence-electron chi connectivity index (χ4n) is 2.60. The molecule has 0 aromatic heterocycles. The van der Waals surface area contributed by atoms with E-state index in [1.54, 1.807) is 0 Å². The fraction of sp³-hybridized carbons (Fsp3) is 1.00. The molecule has 1 aliphatic heterocycles. The van der Waals surface area contributed by atoms with Crippen molar-refractivity contribution in [3.63, 3.8) is 0 Å². The van der Waals surface area contributed by atoms with Gasteiger partial charge in [-0.25, -0.2) is 0 Å². The molecule has 0 radical (unpaired) electrons. The minimum atomic E-state index is 0.102. The van der Waals surface area contributed by atoms with E-state index in [2.05, 4.69) is 13.8 Å². The van der Waals surface area contributed by atoms with Gasteiger partial charge >= 0.3 is 0 Å². The summed E-state index contributed by atoms with van der Waals surface area (Å²) in [6, 6.07) is 0. The summed E-state index contributed by atoms with van der Waals surface area (Å²) >= 11 is 0. The summed E-state index contributed by atoms with van der Waals surface area (Å²) in [5.41, 5.74) is 0. The third-order valence-corrected chi connectivity index (χ3v) is 3.87. The summed E-state index contributed by atoms with van der Waals surface area (Å²) in [5.74, 6) is 0.874. The van der Waals surface area contributed by atoms with Crippen LogP contribution in [0.15, 0.2) is 0 Å². The molecule has 1 aliphatic rings. The quantitative estimate of drug-likeness (QED) is 0.474. The molecule has 1 rings (SSSR count). The van der Waals surface area contributed by atoms with Crippen LogP contribution in [0.3, 0.4) is 0 Å². The first-order valence-corrected chi connectivity index (χ1v) is 8.52. The third-order valence-electron chi connectivity index (χ3n) is 3.87. The van der Waals surface area contributed by atoms with Gasteiger partial charge in [0.1, 0.15) is 0 Å². The molecule has 0 bridgehead atoms. The van der Waals surface area contributed by atoms with Gasteiger partial charge in [0.25, 0.3) is 0 Å². The van der Waals surface area contributed by atoms with Crippen LogP contribution in [0.4, 0.5) is 0 Å². The van der Waals surface area contributed by atoms with E-state index >= 15 is 0 Å². The highest BCUT2D eigenvalue weighted by atomic mass is 16.7. The number of hydrogen-bond acceptors (Lipinski definition) is 2. The van der Waals surface area contributed by atoms with Gasteiger partial charge in [0, 0.05) is 13.2 Å². The van der Waals surface area contributed by atoms with Crippen molar-refractivity contribution < 1.29 is 9.47 Å². The SMILES string of the molecule is CC(C)CCCCCCCCCOC1CCCCO1. The molecule has 0 N–H and O–H groups in total. The van der Waals surface area contributed by atoms with Gasteiger partial charge in [-0.05, 0) is 31.6 Å². The van der Waals surface area contributed by atoms with Crippen LogP contribution in [-0.4, -0.2) is 19.5 Å².